The first-order valence-corrected chi connectivity index (χ1v) is 7.16. The number of hydrogen-bond acceptors (Lipinski definition) is 3. The molecule has 1 aromatic carbocycles. The topological polar surface area (TPSA) is 59.0 Å². The summed E-state index contributed by atoms with van der Waals surface area (Å²) in [4.78, 5) is 12.5. The van der Waals surface area contributed by atoms with Crippen molar-refractivity contribution in [1.29, 1.82) is 0 Å². The summed E-state index contributed by atoms with van der Waals surface area (Å²) in [5.41, 5.74) is 3.34. The molecular formula is C16H22N4O. The van der Waals surface area contributed by atoms with Crippen LogP contribution in [0.5, 0.6) is 0 Å². The molecule has 5 nitrogen and oxygen atoms in total. The summed E-state index contributed by atoms with van der Waals surface area (Å²) in [7, 11) is 3.73. The Kier molecular flexibility index (Phi) is 4.75. The molecule has 0 aliphatic rings. The molecule has 0 saturated heterocycles. The lowest BCUT2D eigenvalue weighted by molar-refractivity contribution is 0.102. The third kappa shape index (κ3) is 3.31. The Morgan fingerprint density at radius 1 is 1.38 bits per heavy atom. The number of hydrogen-bond donors (Lipinski definition) is 2. The summed E-state index contributed by atoms with van der Waals surface area (Å²) in [6.45, 7) is 4.06. The number of aryl methyl sites for hydroxylation is 2. The molecule has 0 radical (unpaired) electrons. The first-order valence-electron chi connectivity index (χ1n) is 7.16. The van der Waals surface area contributed by atoms with Crippen molar-refractivity contribution in [2.75, 3.05) is 12.4 Å². The molecule has 1 unspecified atom stereocenters. The Balaban J connectivity index is 2.27. The Morgan fingerprint density at radius 2 is 2.10 bits per heavy atom. The van der Waals surface area contributed by atoms with Gasteiger partial charge in [-0.25, -0.2) is 0 Å². The molecule has 2 aromatic rings. The maximum atomic E-state index is 12.5. The number of anilines is 1. The molecule has 1 amide bonds. The Labute approximate surface area is 125 Å². The quantitative estimate of drug-likeness (QED) is 0.888. The molecule has 1 aromatic heterocycles. The monoisotopic (exact) mass is 286 g/mol. The summed E-state index contributed by atoms with van der Waals surface area (Å²) in [6.07, 6.45) is 2.50. The second-order valence-corrected chi connectivity index (χ2v) is 5.07. The maximum absolute atomic E-state index is 12.5. The zero-order valence-electron chi connectivity index (χ0n) is 13.0. The summed E-state index contributed by atoms with van der Waals surface area (Å²) in [5.74, 6) is -0.115. The van der Waals surface area contributed by atoms with Gasteiger partial charge in [0.25, 0.3) is 5.91 Å². The van der Waals surface area contributed by atoms with Crippen LogP contribution in [0.1, 0.15) is 41.5 Å². The van der Waals surface area contributed by atoms with Crippen LogP contribution < -0.4 is 10.6 Å². The third-order valence-corrected chi connectivity index (χ3v) is 3.59. The summed E-state index contributed by atoms with van der Waals surface area (Å²) < 4.78 is 1.68. The van der Waals surface area contributed by atoms with Gasteiger partial charge < -0.3 is 10.6 Å². The number of amides is 1. The van der Waals surface area contributed by atoms with Crippen LogP contribution in [0.4, 0.5) is 5.69 Å². The van der Waals surface area contributed by atoms with Gasteiger partial charge in [0.1, 0.15) is 0 Å². The molecule has 1 heterocycles. The largest absolute Gasteiger partial charge is 0.322 e. The van der Waals surface area contributed by atoms with Gasteiger partial charge in [-0.3, -0.25) is 9.48 Å². The molecule has 0 saturated carbocycles. The predicted molar refractivity (Wildman–Crippen MR) is 84.5 cm³/mol. The van der Waals surface area contributed by atoms with Crippen molar-refractivity contribution in [1.82, 2.24) is 15.1 Å². The van der Waals surface area contributed by atoms with E-state index in [1.54, 1.807) is 10.9 Å². The molecule has 0 fully saturated rings. The maximum Gasteiger partial charge on any atom is 0.259 e. The van der Waals surface area contributed by atoms with E-state index in [1.807, 2.05) is 45.3 Å². The molecule has 2 N–H and O–H groups in total. The zero-order valence-corrected chi connectivity index (χ0v) is 13.0. The normalized spacial score (nSPS) is 12.2. The van der Waals surface area contributed by atoms with Crippen molar-refractivity contribution in [2.45, 2.75) is 26.3 Å². The van der Waals surface area contributed by atoms with Gasteiger partial charge in [0, 0.05) is 25.0 Å². The van der Waals surface area contributed by atoms with E-state index >= 15 is 0 Å². The van der Waals surface area contributed by atoms with Gasteiger partial charge in [-0.2, -0.15) is 5.10 Å². The lowest BCUT2D eigenvalue weighted by Gasteiger charge is -2.16. The first-order chi connectivity index (χ1) is 10.1. The minimum absolute atomic E-state index is 0.115. The van der Waals surface area contributed by atoms with Crippen LogP contribution in [0.2, 0.25) is 0 Å². The highest BCUT2D eigenvalue weighted by atomic mass is 16.1. The van der Waals surface area contributed by atoms with Crippen molar-refractivity contribution >= 4 is 11.6 Å². The molecule has 0 spiro atoms. The molecule has 2 rings (SSSR count). The first kappa shape index (κ1) is 15.3. The number of carbonyl (C=O) groups is 1. The fraction of sp³-hybridized carbons (Fsp3) is 0.375. The van der Waals surface area contributed by atoms with E-state index in [4.69, 9.17) is 0 Å². The Bertz CT molecular complexity index is 633. The highest BCUT2D eigenvalue weighted by Gasteiger charge is 2.16. The van der Waals surface area contributed by atoms with Gasteiger partial charge in [-0.15, -0.1) is 0 Å². The van der Waals surface area contributed by atoms with E-state index in [-0.39, 0.29) is 11.9 Å². The van der Waals surface area contributed by atoms with E-state index < -0.39 is 0 Å². The van der Waals surface area contributed by atoms with E-state index in [9.17, 15) is 4.79 Å². The molecule has 0 bridgehead atoms. The highest BCUT2D eigenvalue weighted by molar-refractivity contribution is 6.05. The molecular weight excluding hydrogens is 264 g/mol. The fourth-order valence-electron chi connectivity index (χ4n) is 2.32. The second kappa shape index (κ2) is 6.54. The van der Waals surface area contributed by atoms with Gasteiger partial charge in [0.2, 0.25) is 0 Å². The van der Waals surface area contributed by atoms with Crippen LogP contribution in [0.15, 0.2) is 30.5 Å². The average Bonchev–Trinajstić information content (AvgIpc) is 2.88. The van der Waals surface area contributed by atoms with Crippen LogP contribution in [0.25, 0.3) is 0 Å². The lowest BCUT2D eigenvalue weighted by atomic mass is 10.1. The molecule has 0 aliphatic carbocycles. The smallest absolute Gasteiger partial charge is 0.259 e. The predicted octanol–water partition coefficient (Wildman–Crippen LogP) is 2.52. The summed E-state index contributed by atoms with van der Waals surface area (Å²) >= 11 is 0. The van der Waals surface area contributed by atoms with Gasteiger partial charge in [-0.1, -0.05) is 25.1 Å². The standard InChI is InChI=1S/C16H22N4O/c1-5-14-13(10-20(4)19-14)16(21)18-15-9-7-6-8-12(15)11(2)17-3/h6-11,17H,5H2,1-4H3,(H,18,21). The van der Waals surface area contributed by atoms with Gasteiger partial charge in [0.15, 0.2) is 0 Å². The fourth-order valence-corrected chi connectivity index (χ4v) is 2.32. The minimum atomic E-state index is -0.115. The van der Waals surface area contributed by atoms with Crippen LogP contribution in [-0.4, -0.2) is 22.7 Å². The van der Waals surface area contributed by atoms with Crippen LogP contribution >= 0.6 is 0 Å². The second-order valence-electron chi connectivity index (χ2n) is 5.07. The lowest BCUT2D eigenvalue weighted by Crippen LogP contribution is -2.18. The van der Waals surface area contributed by atoms with Crippen molar-refractivity contribution in [3.8, 4) is 0 Å². The number of carbonyl (C=O) groups excluding carboxylic acids is 1. The highest BCUT2D eigenvalue weighted by Crippen LogP contribution is 2.23. The van der Waals surface area contributed by atoms with Crippen molar-refractivity contribution in [2.24, 2.45) is 7.05 Å². The number of aromatic nitrogens is 2. The Morgan fingerprint density at radius 3 is 2.76 bits per heavy atom. The SMILES string of the molecule is CCc1nn(C)cc1C(=O)Nc1ccccc1C(C)NC. The summed E-state index contributed by atoms with van der Waals surface area (Å²) in [6, 6.07) is 8.00. The Hall–Kier alpha value is -2.14. The number of benzene rings is 1. The summed E-state index contributed by atoms with van der Waals surface area (Å²) in [5, 5.41) is 10.5. The van der Waals surface area contributed by atoms with Crippen LogP contribution in [0, 0.1) is 0 Å². The van der Waals surface area contributed by atoms with Gasteiger partial charge in [0.05, 0.1) is 11.3 Å². The third-order valence-electron chi connectivity index (χ3n) is 3.59. The molecule has 21 heavy (non-hydrogen) atoms. The minimum Gasteiger partial charge on any atom is -0.322 e. The number of para-hydroxylation sites is 1. The molecule has 1 atom stereocenters. The van der Waals surface area contributed by atoms with E-state index in [0.29, 0.717) is 5.56 Å². The molecule has 5 heteroatoms. The number of nitrogens with zero attached hydrogens (tertiary/aromatic N) is 2. The number of rotatable bonds is 5. The van der Waals surface area contributed by atoms with Gasteiger partial charge in [-0.05, 0) is 32.0 Å². The zero-order chi connectivity index (χ0) is 15.4. The van der Waals surface area contributed by atoms with Gasteiger partial charge >= 0.3 is 0 Å². The van der Waals surface area contributed by atoms with E-state index in [2.05, 4.69) is 22.7 Å². The van der Waals surface area contributed by atoms with Crippen molar-refractivity contribution in [3.05, 3.63) is 47.3 Å². The van der Waals surface area contributed by atoms with Crippen LogP contribution in [-0.2, 0) is 13.5 Å². The van der Waals surface area contributed by atoms with Crippen molar-refractivity contribution < 1.29 is 4.79 Å². The average molecular weight is 286 g/mol. The van der Waals surface area contributed by atoms with Crippen LogP contribution in [0.3, 0.4) is 0 Å². The molecule has 0 aliphatic heterocycles. The van der Waals surface area contributed by atoms with E-state index in [0.717, 1.165) is 23.4 Å². The number of nitrogens with one attached hydrogen (secondary N) is 2. The molecule has 112 valence electrons. The van der Waals surface area contributed by atoms with E-state index in [1.165, 1.54) is 0 Å². The van der Waals surface area contributed by atoms with Crippen molar-refractivity contribution in [3.63, 3.8) is 0 Å².